The number of aromatic amines is 1. The molecule has 0 saturated carbocycles. The molecule has 1 fully saturated rings. The summed E-state index contributed by atoms with van der Waals surface area (Å²) >= 11 is 0. The molecular weight excluding hydrogens is 292 g/mol. The van der Waals surface area contributed by atoms with Crippen LogP contribution in [0.4, 0.5) is 0 Å². The van der Waals surface area contributed by atoms with Crippen molar-refractivity contribution >= 4 is 5.91 Å². The molecule has 7 heteroatoms. The van der Waals surface area contributed by atoms with Crippen molar-refractivity contribution in [2.24, 2.45) is 0 Å². The Morgan fingerprint density at radius 2 is 2.43 bits per heavy atom. The Morgan fingerprint density at radius 1 is 1.52 bits per heavy atom. The molecule has 3 heterocycles. The van der Waals surface area contributed by atoms with Gasteiger partial charge in [0, 0.05) is 25.0 Å². The summed E-state index contributed by atoms with van der Waals surface area (Å²) in [5, 5.41) is 17.6. The summed E-state index contributed by atoms with van der Waals surface area (Å²) in [5.41, 5.74) is 2.79. The van der Waals surface area contributed by atoms with E-state index in [0.717, 1.165) is 44.5 Å². The molecule has 0 spiro atoms. The third kappa shape index (κ3) is 3.98. The van der Waals surface area contributed by atoms with Gasteiger partial charge >= 0.3 is 0 Å². The molecule has 23 heavy (non-hydrogen) atoms. The summed E-state index contributed by atoms with van der Waals surface area (Å²) in [4.78, 5) is 12.1. The van der Waals surface area contributed by atoms with Gasteiger partial charge in [-0.2, -0.15) is 10.2 Å². The quantitative estimate of drug-likeness (QED) is 0.699. The lowest BCUT2D eigenvalue weighted by atomic mass is 10.1. The average molecular weight is 316 g/mol. The third-order valence-corrected chi connectivity index (χ3v) is 4.33. The minimum Gasteiger partial charge on any atom is -0.351 e. The van der Waals surface area contributed by atoms with E-state index in [0.29, 0.717) is 18.3 Å². The van der Waals surface area contributed by atoms with Crippen molar-refractivity contribution < 1.29 is 4.79 Å². The number of carbonyl (C=O) groups is 1. The highest BCUT2D eigenvalue weighted by Crippen LogP contribution is 2.15. The summed E-state index contributed by atoms with van der Waals surface area (Å²) in [6.07, 6.45) is 7.81. The number of piperidine rings is 1. The van der Waals surface area contributed by atoms with Crippen molar-refractivity contribution in [2.45, 2.75) is 38.6 Å². The fraction of sp³-hybridized carbons (Fsp3) is 0.562. The first-order valence-electron chi connectivity index (χ1n) is 8.27. The van der Waals surface area contributed by atoms with Crippen molar-refractivity contribution in [1.82, 2.24) is 30.6 Å². The zero-order valence-electron chi connectivity index (χ0n) is 13.5. The molecule has 1 unspecified atom stereocenters. The molecule has 1 saturated heterocycles. The van der Waals surface area contributed by atoms with E-state index in [2.05, 4.69) is 25.9 Å². The van der Waals surface area contributed by atoms with Crippen molar-refractivity contribution in [3.05, 3.63) is 35.4 Å². The monoisotopic (exact) mass is 316 g/mol. The van der Waals surface area contributed by atoms with Crippen LogP contribution in [0.5, 0.6) is 0 Å². The topological polar surface area (TPSA) is 87.6 Å². The standard InChI is InChI=1S/C16H24N6O/c1-12-13(10-19-20-12)4-2-8-18-16(23)15-6-9-22(21-15)14-5-3-7-17-11-14/h6,9-10,14,17H,2-5,7-8,11H2,1H3,(H,18,23)(H,19,20). The lowest BCUT2D eigenvalue weighted by Gasteiger charge is -2.22. The van der Waals surface area contributed by atoms with E-state index in [1.807, 2.05) is 24.0 Å². The number of H-pyrrole nitrogens is 1. The predicted octanol–water partition coefficient (Wildman–Crippen LogP) is 1.20. The molecule has 0 bridgehead atoms. The minimum absolute atomic E-state index is 0.101. The lowest BCUT2D eigenvalue weighted by Crippen LogP contribution is -2.32. The number of amides is 1. The van der Waals surface area contributed by atoms with Gasteiger partial charge in [-0.15, -0.1) is 0 Å². The second-order valence-corrected chi connectivity index (χ2v) is 6.06. The van der Waals surface area contributed by atoms with E-state index in [-0.39, 0.29) is 5.91 Å². The molecule has 0 radical (unpaired) electrons. The number of aryl methyl sites for hydroxylation is 2. The van der Waals surface area contributed by atoms with Crippen LogP contribution in [0.25, 0.3) is 0 Å². The normalized spacial score (nSPS) is 18.0. The van der Waals surface area contributed by atoms with Gasteiger partial charge in [-0.3, -0.25) is 14.6 Å². The maximum absolute atomic E-state index is 12.1. The minimum atomic E-state index is -0.101. The summed E-state index contributed by atoms with van der Waals surface area (Å²) < 4.78 is 1.91. The van der Waals surface area contributed by atoms with E-state index < -0.39 is 0 Å². The van der Waals surface area contributed by atoms with Crippen LogP contribution in [-0.2, 0) is 6.42 Å². The largest absolute Gasteiger partial charge is 0.351 e. The average Bonchev–Trinajstić information content (AvgIpc) is 3.22. The van der Waals surface area contributed by atoms with Gasteiger partial charge < -0.3 is 10.6 Å². The van der Waals surface area contributed by atoms with Crippen molar-refractivity contribution in [1.29, 1.82) is 0 Å². The van der Waals surface area contributed by atoms with E-state index >= 15 is 0 Å². The Morgan fingerprint density at radius 3 is 3.17 bits per heavy atom. The number of rotatable bonds is 6. The van der Waals surface area contributed by atoms with E-state index in [4.69, 9.17) is 0 Å². The Labute approximate surface area is 135 Å². The highest BCUT2D eigenvalue weighted by Gasteiger charge is 2.17. The number of carbonyl (C=O) groups excluding carboxylic acids is 1. The Hall–Kier alpha value is -2.15. The molecule has 124 valence electrons. The fourth-order valence-corrected chi connectivity index (χ4v) is 2.92. The first-order valence-corrected chi connectivity index (χ1v) is 8.27. The van der Waals surface area contributed by atoms with Gasteiger partial charge in [0.05, 0.1) is 12.2 Å². The predicted molar refractivity (Wildman–Crippen MR) is 87.3 cm³/mol. The van der Waals surface area contributed by atoms with Gasteiger partial charge in [0.15, 0.2) is 0 Å². The van der Waals surface area contributed by atoms with Crippen LogP contribution in [0, 0.1) is 6.92 Å². The molecule has 2 aromatic rings. The number of aromatic nitrogens is 4. The summed E-state index contributed by atoms with van der Waals surface area (Å²) in [7, 11) is 0. The molecule has 0 aromatic carbocycles. The van der Waals surface area contributed by atoms with E-state index in [1.54, 1.807) is 6.07 Å². The molecule has 7 nitrogen and oxygen atoms in total. The molecule has 0 aliphatic carbocycles. The molecule has 2 aromatic heterocycles. The molecule has 1 aliphatic heterocycles. The van der Waals surface area contributed by atoms with Gasteiger partial charge in [-0.05, 0) is 50.8 Å². The zero-order chi connectivity index (χ0) is 16.1. The van der Waals surface area contributed by atoms with Crippen molar-refractivity contribution in [2.75, 3.05) is 19.6 Å². The number of nitrogens with zero attached hydrogens (tertiary/aromatic N) is 3. The highest BCUT2D eigenvalue weighted by atomic mass is 16.1. The summed E-state index contributed by atoms with van der Waals surface area (Å²) in [6.45, 7) is 4.64. The van der Waals surface area contributed by atoms with Crippen LogP contribution < -0.4 is 10.6 Å². The van der Waals surface area contributed by atoms with Gasteiger partial charge in [0.25, 0.3) is 5.91 Å². The van der Waals surface area contributed by atoms with Crippen molar-refractivity contribution in [3.8, 4) is 0 Å². The number of hydrogen-bond acceptors (Lipinski definition) is 4. The Bertz CT molecular complexity index is 641. The summed E-state index contributed by atoms with van der Waals surface area (Å²) in [6, 6.07) is 2.15. The van der Waals surface area contributed by atoms with Crippen LogP contribution in [0.15, 0.2) is 18.5 Å². The van der Waals surface area contributed by atoms with E-state index in [1.165, 1.54) is 5.56 Å². The van der Waals surface area contributed by atoms with Crippen molar-refractivity contribution in [3.63, 3.8) is 0 Å². The molecule has 1 amide bonds. The maximum Gasteiger partial charge on any atom is 0.271 e. The Balaban J connectivity index is 1.45. The number of hydrogen-bond donors (Lipinski definition) is 3. The van der Waals surface area contributed by atoms with Crippen LogP contribution in [-0.4, -0.2) is 45.5 Å². The maximum atomic E-state index is 12.1. The SMILES string of the molecule is Cc1[nH]ncc1CCCNC(=O)c1ccn(C2CCCNC2)n1. The first-order chi connectivity index (χ1) is 11.2. The van der Waals surface area contributed by atoms with Crippen LogP contribution >= 0.6 is 0 Å². The molecule has 1 aliphatic rings. The van der Waals surface area contributed by atoms with Gasteiger partial charge in [-0.1, -0.05) is 0 Å². The van der Waals surface area contributed by atoms with Crippen LogP contribution in [0.1, 0.15) is 47.1 Å². The molecule has 3 N–H and O–H groups in total. The lowest BCUT2D eigenvalue weighted by molar-refractivity contribution is 0.0947. The highest BCUT2D eigenvalue weighted by molar-refractivity contribution is 5.92. The first kappa shape index (κ1) is 15.7. The molecule has 3 rings (SSSR count). The van der Waals surface area contributed by atoms with Gasteiger partial charge in [0.1, 0.15) is 5.69 Å². The summed E-state index contributed by atoms with van der Waals surface area (Å²) in [5.74, 6) is -0.101. The van der Waals surface area contributed by atoms with Crippen LogP contribution in [0.2, 0.25) is 0 Å². The van der Waals surface area contributed by atoms with Gasteiger partial charge in [0.2, 0.25) is 0 Å². The third-order valence-electron chi connectivity index (χ3n) is 4.33. The number of nitrogens with one attached hydrogen (secondary N) is 3. The second kappa shape index (κ2) is 7.41. The molecular formula is C16H24N6O. The Kier molecular flexibility index (Phi) is 5.07. The van der Waals surface area contributed by atoms with Crippen LogP contribution in [0.3, 0.4) is 0 Å². The molecule has 1 atom stereocenters. The van der Waals surface area contributed by atoms with Gasteiger partial charge in [-0.25, -0.2) is 0 Å². The fourth-order valence-electron chi connectivity index (χ4n) is 2.92. The second-order valence-electron chi connectivity index (χ2n) is 6.06. The van der Waals surface area contributed by atoms with E-state index in [9.17, 15) is 4.79 Å². The zero-order valence-corrected chi connectivity index (χ0v) is 13.5. The smallest absolute Gasteiger partial charge is 0.271 e.